The van der Waals surface area contributed by atoms with Crippen molar-refractivity contribution < 1.29 is 28.6 Å². The van der Waals surface area contributed by atoms with Crippen molar-refractivity contribution in [3.8, 4) is 0 Å². The number of esters is 3. The van der Waals surface area contributed by atoms with Gasteiger partial charge in [-0.15, -0.1) is 0 Å². The molecule has 0 heterocycles. The highest BCUT2D eigenvalue weighted by atomic mass is 32.2. The van der Waals surface area contributed by atoms with E-state index in [0.29, 0.717) is 0 Å². The number of unbranched alkanes of at least 4 members (excludes halogenated alkanes) is 27. The average Bonchev–Trinajstić information content (AvgIpc) is 3.17. The quantitative estimate of drug-likeness (QED) is 0.0339. The van der Waals surface area contributed by atoms with Crippen LogP contribution in [-0.4, -0.2) is 71.7 Å². The molecule has 0 fully saturated rings. The number of rotatable bonds is 44. The molecule has 0 aliphatic rings. The molecule has 0 aliphatic carbocycles. The Labute approximate surface area is 347 Å². The number of thioether (sulfide) groups is 3. The normalized spacial score (nSPS) is 11.3. The van der Waals surface area contributed by atoms with Crippen molar-refractivity contribution in [2.45, 2.75) is 219 Å². The van der Waals surface area contributed by atoms with E-state index in [4.69, 9.17) is 14.2 Å². The lowest BCUT2D eigenvalue weighted by molar-refractivity contribution is -0.163. The summed E-state index contributed by atoms with van der Waals surface area (Å²) in [7, 11) is 0. The van der Waals surface area contributed by atoms with Crippen LogP contribution in [0.4, 0.5) is 0 Å². The van der Waals surface area contributed by atoms with Gasteiger partial charge in [-0.2, -0.15) is 35.3 Å². The van der Waals surface area contributed by atoms with Gasteiger partial charge in [0, 0.05) is 0 Å². The van der Waals surface area contributed by atoms with Crippen molar-refractivity contribution in [3.05, 3.63) is 0 Å². The molecule has 0 unspecified atom stereocenters. The lowest BCUT2D eigenvalue weighted by Gasteiger charge is -2.18. The van der Waals surface area contributed by atoms with Crippen molar-refractivity contribution in [2.75, 3.05) is 47.7 Å². The maximum absolute atomic E-state index is 12.7. The van der Waals surface area contributed by atoms with Crippen LogP contribution < -0.4 is 0 Å². The molecule has 0 aromatic rings. The number of hydrogen-bond donors (Lipinski definition) is 0. The van der Waals surface area contributed by atoms with Crippen LogP contribution in [0.3, 0.4) is 0 Å². The maximum atomic E-state index is 12.7. The largest absolute Gasteiger partial charge is 0.461 e. The molecule has 0 aromatic carbocycles. The van der Waals surface area contributed by atoms with Crippen LogP contribution in [0.25, 0.3) is 0 Å². The Balaban J connectivity index is 4.32. The van der Waals surface area contributed by atoms with Gasteiger partial charge in [-0.1, -0.05) is 194 Å². The molecule has 0 atom stereocenters. The van der Waals surface area contributed by atoms with E-state index in [1.165, 1.54) is 173 Å². The molecular weight excluding hydrogens is 733 g/mol. The predicted octanol–water partition coefficient (Wildman–Crippen LogP) is 13.9. The second-order valence-corrected chi connectivity index (χ2v) is 18.5. The Morgan fingerprint density at radius 1 is 0.352 bits per heavy atom. The molecule has 0 saturated heterocycles. The van der Waals surface area contributed by atoms with Gasteiger partial charge in [0.1, 0.15) is 13.2 Å². The van der Waals surface area contributed by atoms with Gasteiger partial charge < -0.3 is 14.2 Å². The van der Waals surface area contributed by atoms with Gasteiger partial charge in [-0.3, -0.25) is 14.4 Å². The lowest BCUT2D eigenvalue weighted by atomic mass is 10.1. The highest BCUT2D eigenvalue weighted by molar-refractivity contribution is 8.00. The van der Waals surface area contributed by atoms with E-state index in [-0.39, 0.29) is 48.4 Å². The smallest absolute Gasteiger partial charge is 0.316 e. The highest BCUT2D eigenvalue weighted by Crippen LogP contribution is 2.16. The summed E-state index contributed by atoms with van der Waals surface area (Å²) in [5.74, 6) is 2.62. The molecule has 0 aromatic heterocycles. The van der Waals surface area contributed by atoms with Crippen molar-refractivity contribution in [3.63, 3.8) is 0 Å². The van der Waals surface area contributed by atoms with Crippen LogP contribution in [-0.2, 0) is 28.6 Å². The molecule has 54 heavy (non-hydrogen) atoms. The maximum Gasteiger partial charge on any atom is 0.316 e. The molecule has 0 rings (SSSR count). The SMILES string of the molecule is CCCCCCCCCCCCSCC(=O)OCC(COC(=O)CSCCCCCCCCCCCC)OC(=O)CSCCCCCCCCCCCC. The highest BCUT2D eigenvalue weighted by Gasteiger charge is 2.20. The van der Waals surface area contributed by atoms with Crippen LogP contribution in [0.15, 0.2) is 0 Å². The van der Waals surface area contributed by atoms with Gasteiger partial charge in [0.15, 0.2) is 6.10 Å². The third-order valence-electron chi connectivity index (χ3n) is 9.74. The van der Waals surface area contributed by atoms with Gasteiger partial charge in [0.2, 0.25) is 0 Å². The fourth-order valence-corrected chi connectivity index (χ4v) is 8.72. The first-order valence-corrected chi connectivity index (χ1v) is 26.2. The Bertz CT molecular complexity index is 770. The fourth-order valence-electron chi connectivity index (χ4n) is 6.33. The van der Waals surface area contributed by atoms with E-state index < -0.39 is 6.10 Å². The Morgan fingerprint density at radius 2 is 0.593 bits per heavy atom. The predicted molar refractivity (Wildman–Crippen MR) is 239 cm³/mol. The number of hydrogen-bond acceptors (Lipinski definition) is 9. The molecule has 320 valence electrons. The van der Waals surface area contributed by atoms with E-state index in [1.54, 1.807) is 35.3 Å². The fraction of sp³-hybridized carbons (Fsp3) is 0.933. The second-order valence-electron chi connectivity index (χ2n) is 15.2. The van der Waals surface area contributed by atoms with Gasteiger partial charge in [-0.05, 0) is 36.5 Å². The summed E-state index contributed by atoms with van der Waals surface area (Å²) in [5, 5.41) is 0. The Kier molecular flexibility index (Phi) is 44.7. The van der Waals surface area contributed by atoms with Crippen LogP contribution in [0, 0.1) is 0 Å². The lowest BCUT2D eigenvalue weighted by Crippen LogP contribution is -2.32. The van der Waals surface area contributed by atoms with E-state index >= 15 is 0 Å². The van der Waals surface area contributed by atoms with Crippen molar-refractivity contribution in [1.29, 1.82) is 0 Å². The van der Waals surface area contributed by atoms with Gasteiger partial charge in [0.25, 0.3) is 0 Å². The van der Waals surface area contributed by atoms with Gasteiger partial charge in [-0.25, -0.2) is 0 Å². The summed E-state index contributed by atoms with van der Waals surface area (Å²) in [6.45, 7) is 6.58. The first-order valence-electron chi connectivity index (χ1n) is 22.8. The minimum absolute atomic E-state index is 0.0917. The van der Waals surface area contributed by atoms with Crippen LogP contribution in [0.1, 0.15) is 213 Å². The summed E-state index contributed by atoms with van der Waals surface area (Å²) in [5.41, 5.74) is 0. The summed E-state index contributed by atoms with van der Waals surface area (Å²) in [6.07, 6.45) is 38.0. The van der Waals surface area contributed by atoms with E-state index in [9.17, 15) is 14.4 Å². The zero-order valence-electron chi connectivity index (χ0n) is 35.6. The monoisotopic (exact) mass is 819 g/mol. The zero-order chi connectivity index (χ0) is 39.4. The summed E-state index contributed by atoms with van der Waals surface area (Å²) in [4.78, 5) is 37.7. The summed E-state index contributed by atoms with van der Waals surface area (Å²) >= 11 is 4.78. The minimum Gasteiger partial charge on any atom is -0.461 e. The standard InChI is InChI=1S/C45H86O6S3/c1-4-7-10-13-16-19-22-25-28-31-34-52-39-43(46)49-37-42(51-45(48)41-54-36-33-30-27-24-21-18-15-12-9-6-3)38-50-44(47)40-53-35-32-29-26-23-20-17-14-11-8-5-2/h42H,4-41H2,1-3H3. The molecule has 6 nitrogen and oxygen atoms in total. The van der Waals surface area contributed by atoms with Gasteiger partial charge >= 0.3 is 17.9 Å². The first kappa shape index (κ1) is 53.5. The van der Waals surface area contributed by atoms with Crippen LogP contribution >= 0.6 is 35.3 Å². The molecule has 0 N–H and O–H groups in total. The molecule has 0 aliphatic heterocycles. The van der Waals surface area contributed by atoms with E-state index in [2.05, 4.69) is 20.8 Å². The molecule has 0 spiro atoms. The van der Waals surface area contributed by atoms with Crippen molar-refractivity contribution >= 4 is 53.2 Å². The first-order chi connectivity index (χ1) is 26.5. The van der Waals surface area contributed by atoms with E-state index in [0.717, 1.165) is 36.5 Å². The van der Waals surface area contributed by atoms with Crippen LogP contribution in [0.5, 0.6) is 0 Å². The third kappa shape index (κ3) is 42.6. The molecule has 0 saturated carbocycles. The third-order valence-corrected chi connectivity index (χ3v) is 12.8. The van der Waals surface area contributed by atoms with Crippen LogP contribution in [0.2, 0.25) is 0 Å². The molecule has 0 bridgehead atoms. The number of carbonyl (C=O) groups excluding carboxylic acids is 3. The Hall–Kier alpha value is -0.540. The molecular formula is C45H86O6S3. The molecule has 0 radical (unpaired) electrons. The summed E-state index contributed by atoms with van der Waals surface area (Å²) in [6, 6.07) is 0. The second kappa shape index (κ2) is 45.2. The van der Waals surface area contributed by atoms with Gasteiger partial charge in [0.05, 0.1) is 17.3 Å². The van der Waals surface area contributed by atoms with Crippen molar-refractivity contribution in [2.24, 2.45) is 0 Å². The Morgan fingerprint density at radius 3 is 0.870 bits per heavy atom. The molecule has 0 amide bonds. The topological polar surface area (TPSA) is 78.9 Å². The number of carbonyl (C=O) groups is 3. The van der Waals surface area contributed by atoms with Crippen molar-refractivity contribution in [1.82, 2.24) is 0 Å². The van der Waals surface area contributed by atoms with E-state index in [1.807, 2.05) is 0 Å². The average molecular weight is 819 g/mol. The molecule has 9 heteroatoms. The minimum atomic E-state index is -0.790. The zero-order valence-corrected chi connectivity index (χ0v) is 38.1. The number of ether oxygens (including phenoxy) is 3. The summed E-state index contributed by atoms with van der Waals surface area (Å²) < 4.78 is 16.6.